The topological polar surface area (TPSA) is 74.2 Å². The maximum Gasteiger partial charge on any atom is 0.315 e. The van der Waals surface area contributed by atoms with Crippen molar-refractivity contribution in [1.29, 1.82) is 0 Å². The van der Waals surface area contributed by atoms with Crippen LogP contribution in [0, 0.1) is 18.8 Å². The minimum Gasteiger partial charge on any atom is -0.396 e. The van der Waals surface area contributed by atoms with Crippen molar-refractivity contribution in [2.45, 2.75) is 40.2 Å². The first kappa shape index (κ1) is 17.4. The second kappa shape index (κ2) is 9.34. The molecule has 0 aromatic carbocycles. The average Bonchev–Trinajstić information content (AvgIpc) is 2.42. The molecule has 0 fully saturated rings. The van der Waals surface area contributed by atoms with Gasteiger partial charge in [0.25, 0.3) is 0 Å². The van der Waals surface area contributed by atoms with E-state index >= 15 is 0 Å². The lowest BCUT2D eigenvalue weighted by atomic mass is 9.94. The van der Waals surface area contributed by atoms with Crippen LogP contribution in [0.2, 0.25) is 0 Å². The summed E-state index contributed by atoms with van der Waals surface area (Å²) in [6.45, 7) is 7.39. The van der Waals surface area contributed by atoms with E-state index in [1.54, 1.807) is 0 Å². The molecule has 1 aromatic heterocycles. The monoisotopic (exact) mass is 293 g/mol. The molecular formula is C16H27N3O2. The minimum absolute atomic E-state index is 0.161. The number of carbonyl (C=O) groups excluding carboxylic acids is 1. The van der Waals surface area contributed by atoms with Gasteiger partial charge in [-0.15, -0.1) is 0 Å². The maximum absolute atomic E-state index is 11.8. The molecule has 0 radical (unpaired) electrons. The molecule has 3 N–H and O–H groups in total. The van der Waals surface area contributed by atoms with E-state index in [9.17, 15) is 4.79 Å². The first-order chi connectivity index (χ1) is 10.0. The number of aryl methyl sites for hydroxylation is 1. The van der Waals surface area contributed by atoms with E-state index in [1.165, 1.54) is 0 Å². The van der Waals surface area contributed by atoms with Crippen LogP contribution in [0.5, 0.6) is 0 Å². The van der Waals surface area contributed by atoms with Crippen LogP contribution in [-0.2, 0) is 6.54 Å². The van der Waals surface area contributed by atoms with Crippen LogP contribution in [0.4, 0.5) is 4.79 Å². The van der Waals surface area contributed by atoms with E-state index < -0.39 is 0 Å². The van der Waals surface area contributed by atoms with Gasteiger partial charge in [0.15, 0.2) is 0 Å². The summed E-state index contributed by atoms with van der Waals surface area (Å²) in [4.78, 5) is 16.1. The highest BCUT2D eigenvalue weighted by Crippen LogP contribution is 2.14. The minimum atomic E-state index is -0.190. The Morgan fingerprint density at radius 2 is 2.10 bits per heavy atom. The Balaban J connectivity index is 2.32. The van der Waals surface area contributed by atoms with Gasteiger partial charge in [-0.2, -0.15) is 0 Å². The molecule has 1 unspecified atom stereocenters. The zero-order valence-electron chi connectivity index (χ0n) is 13.2. The second-order valence-corrected chi connectivity index (χ2v) is 5.84. The lowest BCUT2D eigenvalue weighted by Crippen LogP contribution is -2.38. The van der Waals surface area contributed by atoms with E-state index in [0.29, 0.717) is 24.9 Å². The number of nitrogens with one attached hydrogen (secondary N) is 2. The Labute approximate surface area is 127 Å². The number of rotatable bonds is 8. The molecule has 0 saturated carbocycles. The third-order valence-corrected chi connectivity index (χ3v) is 3.27. The van der Waals surface area contributed by atoms with Crippen molar-refractivity contribution >= 4 is 6.03 Å². The predicted molar refractivity (Wildman–Crippen MR) is 83.9 cm³/mol. The van der Waals surface area contributed by atoms with Gasteiger partial charge in [-0.25, -0.2) is 4.79 Å². The Kier molecular flexibility index (Phi) is 7.75. The lowest BCUT2D eigenvalue weighted by Gasteiger charge is -2.18. The average molecular weight is 293 g/mol. The van der Waals surface area contributed by atoms with Crippen molar-refractivity contribution in [3.8, 4) is 0 Å². The van der Waals surface area contributed by atoms with Crippen molar-refractivity contribution in [3.63, 3.8) is 0 Å². The number of hydrogen-bond acceptors (Lipinski definition) is 3. The van der Waals surface area contributed by atoms with Gasteiger partial charge in [0, 0.05) is 18.8 Å². The summed E-state index contributed by atoms with van der Waals surface area (Å²) in [6, 6.07) is 5.55. The lowest BCUT2D eigenvalue weighted by molar-refractivity contribution is 0.224. The van der Waals surface area contributed by atoms with Crippen molar-refractivity contribution in [2.75, 3.05) is 13.2 Å². The van der Waals surface area contributed by atoms with Crippen LogP contribution in [-0.4, -0.2) is 29.3 Å². The molecule has 0 saturated heterocycles. The number of nitrogens with zero attached hydrogens (tertiary/aromatic N) is 1. The summed E-state index contributed by atoms with van der Waals surface area (Å²) in [7, 11) is 0. The number of pyridine rings is 1. The zero-order valence-corrected chi connectivity index (χ0v) is 13.2. The number of amides is 2. The quantitative estimate of drug-likeness (QED) is 0.688. The number of hydrogen-bond donors (Lipinski definition) is 3. The molecule has 1 rings (SSSR count). The third kappa shape index (κ3) is 7.66. The summed E-state index contributed by atoms with van der Waals surface area (Å²) in [5.74, 6) is 0.876. The fraction of sp³-hybridized carbons (Fsp3) is 0.625. The fourth-order valence-electron chi connectivity index (χ4n) is 2.32. The van der Waals surface area contributed by atoms with E-state index in [2.05, 4.69) is 29.5 Å². The van der Waals surface area contributed by atoms with Gasteiger partial charge >= 0.3 is 6.03 Å². The Morgan fingerprint density at radius 3 is 2.71 bits per heavy atom. The maximum atomic E-state index is 11.8. The molecule has 118 valence electrons. The Hall–Kier alpha value is -1.62. The number of urea groups is 1. The van der Waals surface area contributed by atoms with Crippen molar-refractivity contribution in [2.24, 2.45) is 11.8 Å². The fourth-order valence-corrected chi connectivity index (χ4v) is 2.32. The standard InChI is InChI=1S/C16H27N3O2/c1-12(2)9-14(7-8-20)10-17-16(21)18-11-15-6-4-5-13(3)19-15/h4-6,12,14,20H,7-11H2,1-3H3,(H2,17,18,21). The molecule has 5 nitrogen and oxygen atoms in total. The van der Waals surface area contributed by atoms with Gasteiger partial charge in [0.2, 0.25) is 0 Å². The molecule has 1 aromatic rings. The van der Waals surface area contributed by atoms with Crippen molar-refractivity contribution in [3.05, 3.63) is 29.6 Å². The van der Waals surface area contributed by atoms with Crippen molar-refractivity contribution in [1.82, 2.24) is 15.6 Å². The van der Waals surface area contributed by atoms with Crippen LogP contribution in [0.15, 0.2) is 18.2 Å². The molecule has 0 bridgehead atoms. The van der Waals surface area contributed by atoms with E-state index in [-0.39, 0.29) is 12.6 Å². The summed E-state index contributed by atoms with van der Waals surface area (Å²) < 4.78 is 0. The van der Waals surface area contributed by atoms with Gasteiger partial charge in [-0.05, 0) is 43.7 Å². The van der Waals surface area contributed by atoms with E-state index in [0.717, 1.165) is 24.2 Å². The van der Waals surface area contributed by atoms with Crippen LogP contribution < -0.4 is 10.6 Å². The normalized spacial score (nSPS) is 12.2. The molecule has 1 heterocycles. The van der Waals surface area contributed by atoms with Crippen LogP contribution in [0.25, 0.3) is 0 Å². The van der Waals surface area contributed by atoms with Gasteiger partial charge in [0.1, 0.15) is 0 Å². The highest BCUT2D eigenvalue weighted by Gasteiger charge is 2.12. The molecule has 21 heavy (non-hydrogen) atoms. The summed E-state index contributed by atoms with van der Waals surface area (Å²) in [5, 5.41) is 14.7. The Bertz CT molecular complexity index is 435. The molecule has 1 atom stereocenters. The summed E-state index contributed by atoms with van der Waals surface area (Å²) in [6.07, 6.45) is 1.72. The molecule has 0 aliphatic heterocycles. The van der Waals surface area contributed by atoms with E-state index in [1.807, 2.05) is 25.1 Å². The first-order valence-electron chi connectivity index (χ1n) is 7.56. The molecule has 2 amide bonds. The predicted octanol–water partition coefficient (Wildman–Crippen LogP) is 2.23. The number of aromatic nitrogens is 1. The largest absolute Gasteiger partial charge is 0.396 e. The highest BCUT2D eigenvalue weighted by atomic mass is 16.3. The van der Waals surface area contributed by atoms with Gasteiger partial charge in [0.05, 0.1) is 12.2 Å². The van der Waals surface area contributed by atoms with Crippen molar-refractivity contribution < 1.29 is 9.90 Å². The first-order valence-corrected chi connectivity index (χ1v) is 7.56. The van der Waals surface area contributed by atoms with Crippen LogP contribution in [0.3, 0.4) is 0 Å². The Morgan fingerprint density at radius 1 is 1.33 bits per heavy atom. The molecular weight excluding hydrogens is 266 g/mol. The van der Waals surface area contributed by atoms with Gasteiger partial charge in [-0.1, -0.05) is 19.9 Å². The van der Waals surface area contributed by atoms with E-state index in [4.69, 9.17) is 5.11 Å². The SMILES string of the molecule is Cc1cccc(CNC(=O)NCC(CCO)CC(C)C)n1. The summed E-state index contributed by atoms with van der Waals surface area (Å²) in [5.41, 5.74) is 1.79. The third-order valence-electron chi connectivity index (χ3n) is 3.27. The van der Waals surface area contributed by atoms with Crippen LogP contribution in [0.1, 0.15) is 38.1 Å². The molecule has 0 aliphatic carbocycles. The second-order valence-electron chi connectivity index (χ2n) is 5.84. The zero-order chi connectivity index (χ0) is 15.7. The smallest absolute Gasteiger partial charge is 0.315 e. The number of carbonyl (C=O) groups is 1. The number of aliphatic hydroxyl groups is 1. The highest BCUT2D eigenvalue weighted by molar-refractivity contribution is 5.73. The van der Waals surface area contributed by atoms with Gasteiger partial charge < -0.3 is 15.7 Å². The summed E-state index contributed by atoms with van der Waals surface area (Å²) >= 11 is 0. The molecule has 0 spiro atoms. The van der Waals surface area contributed by atoms with Crippen LogP contribution >= 0.6 is 0 Å². The molecule has 0 aliphatic rings. The molecule has 5 heteroatoms. The number of aliphatic hydroxyl groups excluding tert-OH is 1. The van der Waals surface area contributed by atoms with Gasteiger partial charge in [-0.3, -0.25) is 4.98 Å².